The molecule has 0 unspecified atom stereocenters. The van der Waals surface area contributed by atoms with Gasteiger partial charge in [0.25, 0.3) is 0 Å². The molecule has 3 heteroatoms. The molecule has 0 N–H and O–H groups in total. The molecule has 0 bridgehead atoms. The summed E-state index contributed by atoms with van der Waals surface area (Å²) in [6, 6.07) is 17.9. The van der Waals surface area contributed by atoms with Crippen LogP contribution in [0, 0.1) is 17.3 Å². The molecular formula is C22H24O2S. The van der Waals surface area contributed by atoms with Crippen molar-refractivity contribution in [1.29, 1.82) is 0 Å². The Morgan fingerprint density at radius 2 is 1.40 bits per heavy atom. The van der Waals surface area contributed by atoms with Crippen LogP contribution in [0.1, 0.15) is 26.3 Å². The second-order valence-electron chi connectivity index (χ2n) is 7.33. The Labute approximate surface area is 151 Å². The largest absolute Gasteiger partial charge is 0.292 e. The average Bonchev–Trinajstić information content (AvgIpc) is 2.54. The fraction of sp³-hybridized carbons (Fsp3) is 0.273. The molecule has 2 rings (SSSR count). The number of Topliss-reactive ketones (excluding diaryl/α,β-unsaturated/α-hetero) is 1. The third kappa shape index (κ3) is 5.08. The molecule has 0 amide bonds. The van der Waals surface area contributed by atoms with Gasteiger partial charge in [-0.3, -0.25) is 9.00 Å². The van der Waals surface area contributed by atoms with Crippen molar-refractivity contribution in [2.24, 2.45) is 5.41 Å². The highest BCUT2D eigenvalue weighted by Gasteiger charge is 2.26. The fourth-order valence-corrected chi connectivity index (χ4v) is 3.30. The molecule has 0 aliphatic carbocycles. The van der Waals surface area contributed by atoms with Crippen LogP contribution in [0.15, 0.2) is 54.6 Å². The predicted molar refractivity (Wildman–Crippen MR) is 108 cm³/mol. The van der Waals surface area contributed by atoms with Crippen molar-refractivity contribution in [2.75, 3.05) is 12.5 Å². The van der Waals surface area contributed by atoms with Gasteiger partial charge in [0.1, 0.15) is 4.86 Å². The van der Waals surface area contributed by atoms with Gasteiger partial charge in [-0.1, -0.05) is 69.2 Å². The summed E-state index contributed by atoms with van der Waals surface area (Å²) >= 11 is 0. The summed E-state index contributed by atoms with van der Waals surface area (Å²) in [6.07, 6.45) is 3.14. The molecule has 0 aliphatic rings. The summed E-state index contributed by atoms with van der Waals surface area (Å²) in [5.74, 6) is 5.72. The SMILES string of the molecule is CC(C)(C)C(=O)C(C#Cc1ccc(-c2ccccc2)cc1)=S(C)(C)=O. The lowest BCUT2D eigenvalue weighted by atomic mass is 9.89. The molecule has 2 aromatic rings. The average molecular weight is 352 g/mol. The van der Waals surface area contributed by atoms with E-state index < -0.39 is 14.9 Å². The van der Waals surface area contributed by atoms with E-state index in [2.05, 4.69) is 24.0 Å². The molecule has 0 aliphatic heterocycles. The van der Waals surface area contributed by atoms with Gasteiger partial charge >= 0.3 is 0 Å². The number of benzene rings is 2. The number of hydrogen-bond acceptors (Lipinski definition) is 2. The Kier molecular flexibility index (Phi) is 5.55. The van der Waals surface area contributed by atoms with E-state index in [0.29, 0.717) is 0 Å². The van der Waals surface area contributed by atoms with Crippen LogP contribution in [0.3, 0.4) is 0 Å². The van der Waals surface area contributed by atoms with Gasteiger partial charge in [0.15, 0.2) is 5.78 Å². The van der Waals surface area contributed by atoms with Crippen LogP contribution in [0.25, 0.3) is 11.1 Å². The zero-order chi connectivity index (χ0) is 18.7. The minimum atomic E-state index is -2.43. The van der Waals surface area contributed by atoms with Crippen molar-refractivity contribution in [2.45, 2.75) is 20.8 Å². The Morgan fingerprint density at radius 3 is 1.88 bits per heavy atom. The number of ketones is 1. The van der Waals surface area contributed by atoms with Crippen LogP contribution >= 0.6 is 0 Å². The van der Waals surface area contributed by atoms with Crippen LogP contribution in [0.5, 0.6) is 0 Å². The zero-order valence-electron chi connectivity index (χ0n) is 15.4. The highest BCUT2D eigenvalue weighted by Crippen LogP contribution is 2.19. The number of carbonyl (C=O) groups is 1. The van der Waals surface area contributed by atoms with Gasteiger partial charge in [-0.15, -0.1) is 0 Å². The summed E-state index contributed by atoms with van der Waals surface area (Å²) in [5.41, 5.74) is 2.44. The van der Waals surface area contributed by atoms with E-state index in [9.17, 15) is 9.00 Å². The minimum Gasteiger partial charge on any atom is -0.292 e. The fourth-order valence-electron chi connectivity index (χ4n) is 2.25. The van der Waals surface area contributed by atoms with Crippen LogP contribution in [-0.4, -0.2) is 27.4 Å². The van der Waals surface area contributed by atoms with E-state index in [1.807, 2.05) is 63.2 Å². The molecule has 25 heavy (non-hydrogen) atoms. The zero-order valence-corrected chi connectivity index (χ0v) is 16.2. The number of hydrogen-bond donors (Lipinski definition) is 0. The van der Waals surface area contributed by atoms with Crippen molar-refractivity contribution >= 4 is 20.2 Å². The molecular weight excluding hydrogens is 328 g/mol. The summed E-state index contributed by atoms with van der Waals surface area (Å²) in [6.45, 7) is 5.45. The monoisotopic (exact) mass is 352 g/mol. The Hall–Kier alpha value is -2.31. The lowest BCUT2D eigenvalue weighted by molar-refractivity contribution is -0.119. The van der Waals surface area contributed by atoms with Gasteiger partial charge in [-0.25, -0.2) is 0 Å². The van der Waals surface area contributed by atoms with E-state index in [4.69, 9.17) is 0 Å². The van der Waals surface area contributed by atoms with Crippen LogP contribution in [0.2, 0.25) is 0 Å². The normalized spacial score (nSPS) is 11.4. The first kappa shape index (κ1) is 19.0. The molecule has 0 aromatic heterocycles. The van der Waals surface area contributed by atoms with Gasteiger partial charge < -0.3 is 0 Å². The predicted octanol–water partition coefficient (Wildman–Crippen LogP) is 4.04. The lowest BCUT2D eigenvalue weighted by Gasteiger charge is -2.17. The third-order valence-corrected chi connectivity index (χ3v) is 4.96. The van der Waals surface area contributed by atoms with Crippen LogP contribution in [0.4, 0.5) is 0 Å². The van der Waals surface area contributed by atoms with E-state index in [1.54, 1.807) is 12.5 Å². The van der Waals surface area contributed by atoms with Crippen LogP contribution < -0.4 is 0 Å². The second kappa shape index (κ2) is 7.29. The van der Waals surface area contributed by atoms with E-state index in [1.165, 1.54) is 0 Å². The molecule has 0 heterocycles. The maximum Gasteiger partial charge on any atom is 0.184 e. The Bertz CT molecular complexity index is 933. The van der Waals surface area contributed by atoms with Gasteiger partial charge in [0, 0.05) is 23.5 Å². The highest BCUT2D eigenvalue weighted by atomic mass is 32.2. The molecule has 0 saturated carbocycles. The maximum absolute atomic E-state index is 12.6. The van der Waals surface area contributed by atoms with E-state index in [0.717, 1.165) is 16.7 Å². The summed E-state index contributed by atoms with van der Waals surface area (Å²) in [5, 5.41) is 0. The van der Waals surface area contributed by atoms with Crippen LogP contribution in [-0.2, 0) is 14.3 Å². The summed E-state index contributed by atoms with van der Waals surface area (Å²) < 4.78 is 12.5. The Balaban J connectivity index is 2.36. The van der Waals surface area contributed by atoms with Crippen molar-refractivity contribution < 1.29 is 9.00 Å². The molecule has 2 nitrogen and oxygen atoms in total. The number of carbonyl (C=O) groups excluding carboxylic acids is 1. The summed E-state index contributed by atoms with van der Waals surface area (Å²) in [7, 11) is -2.43. The Morgan fingerprint density at radius 1 is 0.880 bits per heavy atom. The van der Waals surface area contributed by atoms with Crippen molar-refractivity contribution in [1.82, 2.24) is 0 Å². The van der Waals surface area contributed by atoms with Crippen molar-refractivity contribution in [3.05, 3.63) is 60.2 Å². The first-order valence-electron chi connectivity index (χ1n) is 8.12. The number of rotatable bonds is 2. The molecule has 0 spiro atoms. The molecule has 130 valence electrons. The van der Waals surface area contributed by atoms with E-state index in [-0.39, 0.29) is 10.6 Å². The second-order valence-corrected chi connectivity index (χ2v) is 10.2. The maximum atomic E-state index is 12.6. The molecule has 0 saturated heterocycles. The minimum absolute atomic E-state index is 0.157. The topological polar surface area (TPSA) is 34.1 Å². The quantitative estimate of drug-likeness (QED) is 0.604. The summed E-state index contributed by atoms with van der Waals surface area (Å²) in [4.78, 5) is 12.8. The van der Waals surface area contributed by atoms with E-state index >= 15 is 0 Å². The van der Waals surface area contributed by atoms with Gasteiger partial charge in [-0.05, 0) is 38.7 Å². The smallest absolute Gasteiger partial charge is 0.184 e. The first-order valence-corrected chi connectivity index (χ1v) is 10.5. The third-order valence-electron chi connectivity index (χ3n) is 3.69. The molecule has 0 fully saturated rings. The van der Waals surface area contributed by atoms with Gasteiger partial charge in [-0.2, -0.15) is 0 Å². The molecule has 2 aromatic carbocycles. The molecule has 0 atom stereocenters. The van der Waals surface area contributed by atoms with Crippen molar-refractivity contribution in [3.63, 3.8) is 0 Å². The highest BCUT2D eigenvalue weighted by molar-refractivity contribution is 8.02. The van der Waals surface area contributed by atoms with Gasteiger partial charge in [0.2, 0.25) is 0 Å². The standard InChI is InChI=1S/C22H24O2S/c1-22(2,3)21(23)20(25(4,5)24)16-13-17-11-14-19(15-12-17)18-9-7-6-8-10-18/h6-12,14-15H,1-5H3. The van der Waals surface area contributed by atoms with Gasteiger partial charge in [0.05, 0.1) is 0 Å². The first-order chi connectivity index (χ1) is 11.6. The van der Waals surface area contributed by atoms with Crippen molar-refractivity contribution in [3.8, 4) is 23.0 Å². The molecule has 0 radical (unpaired) electrons. The lowest BCUT2D eigenvalue weighted by Crippen LogP contribution is -2.31.